The molecule has 0 radical (unpaired) electrons. The topological polar surface area (TPSA) is 58.1 Å². The lowest BCUT2D eigenvalue weighted by Gasteiger charge is -2.33. The van der Waals surface area contributed by atoms with Crippen LogP contribution in [0.2, 0.25) is 0 Å². The summed E-state index contributed by atoms with van der Waals surface area (Å²) in [5.74, 6) is 1.90. The first-order valence-electron chi connectivity index (χ1n) is 7.12. The van der Waals surface area contributed by atoms with E-state index >= 15 is 0 Å². The first-order valence-corrected chi connectivity index (χ1v) is 7.12. The van der Waals surface area contributed by atoms with Gasteiger partial charge in [0.2, 0.25) is 11.9 Å². The Morgan fingerprint density at radius 2 is 2.11 bits per heavy atom. The van der Waals surface area contributed by atoms with Gasteiger partial charge in [0, 0.05) is 37.9 Å². The van der Waals surface area contributed by atoms with E-state index in [0.29, 0.717) is 23.7 Å². The van der Waals surface area contributed by atoms with Crippen LogP contribution in [0.3, 0.4) is 0 Å². The van der Waals surface area contributed by atoms with Gasteiger partial charge >= 0.3 is 0 Å². The molecule has 5 nitrogen and oxygen atoms in total. The summed E-state index contributed by atoms with van der Waals surface area (Å²) in [6, 6.07) is 1.81. The van der Waals surface area contributed by atoms with E-state index in [1.807, 2.05) is 6.07 Å². The molecule has 1 saturated carbocycles. The molecular formula is C14H20N4O. The fourth-order valence-electron chi connectivity index (χ4n) is 2.65. The molecule has 0 aromatic carbocycles. The number of piperidine rings is 1. The highest BCUT2D eigenvalue weighted by atomic mass is 16.2. The highest BCUT2D eigenvalue weighted by molar-refractivity contribution is 5.81. The van der Waals surface area contributed by atoms with Crippen molar-refractivity contribution in [1.29, 1.82) is 0 Å². The Morgan fingerprint density at radius 3 is 2.84 bits per heavy atom. The Hall–Kier alpha value is -1.65. The zero-order chi connectivity index (χ0) is 13.1. The number of nitrogens with zero attached hydrogens (tertiary/aromatic N) is 3. The standard InChI is InChI=1S/C14H20N4O/c19-13(12-4-5-12)18-8-1-3-11(10-18)9-17-14-15-6-2-7-16-14/h2,6-7,11-12H,1,3-5,8-10H2,(H,15,16,17). The van der Waals surface area contributed by atoms with Crippen molar-refractivity contribution in [1.82, 2.24) is 14.9 Å². The minimum absolute atomic E-state index is 0.337. The summed E-state index contributed by atoms with van der Waals surface area (Å²) < 4.78 is 0. The highest BCUT2D eigenvalue weighted by Crippen LogP contribution is 2.32. The molecule has 1 aliphatic carbocycles. The average Bonchev–Trinajstić information content (AvgIpc) is 3.30. The maximum Gasteiger partial charge on any atom is 0.225 e. The predicted molar refractivity (Wildman–Crippen MR) is 72.5 cm³/mol. The molecule has 0 bridgehead atoms. The fraction of sp³-hybridized carbons (Fsp3) is 0.643. The second-order valence-corrected chi connectivity index (χ2v) is 5.52. The number of carbonyl (C=O) groups excluding carboxylic acids is 1. The number of carbonyl (C=O) groups is 1. The molecule has 1 unspecified atom stereocenters. The molecule has 5 heteroatoms. The van der Waals surface area contributed by atoms with Crippen LogP contribution >= 0.6 is 0 Å². The summed E-state index contributed by atoms with van der Waals surface area (Å²) in [5.41, 5.74) is 0. The van der Waals surface area contributed by atoms with Crippen molar-refractivity contribution >= 4 is 11.9 Å². The van der Waals surface area contributed by atoms with Crippen molar-refractivity contribution in [2.24, 2.45) is 11.8 Å². The predicted octanol–water partition coefficient (Wildman–Crippen LogP) is 1.54. The van der Waals surface area contributed by atoms with Crippen LogP contribution < -0.4 is 5.32 Å². The van der Waals surface area contributed by atoms with Gasteiger partial charge in [0.15, 0.2) is 0 Å². The van der Waals surface area contributed by atoms with Crippen molar-refractivity contribution in [3.63, 3.8) is 0 Å². The zero-order valence-corrected chi connectivity index (χ0v) is 11.1. The molecule has 19 heavy (non-hydrogen) atoms. The van der Waals surface area contributed by atoms with Crippen LogP contribution in [0.25, 0.3) is 0 Å². The van der Waals surface area contributed by atoms with Crippen LogP contribution in [0.4, 0.5) is 5.95 Å². The quantitative estimate of drug-likeness (QED) is 0.892. The second-order valence-electron chi connectivity index (χ2n) is 5.52. The van der Waals surface area contributed by atoms with Gasteiger partial charge in [-0.05, 0) is 37.7 Å². The highest BCUT2D eigenvalue weighted by Gasteiger charge is 2.35. The third-order valence-corrected chi connectivity index (χ3v) is 3.87. The lowest BCUT2D eigenvalue weighted by atomic mass is 9.97. The van der Waals surface area contributed by atoms with Crippen LogP contribution in [0, 0.1) is 11.8 Å². The number of rotatable bonds is 4. The summed E-state index contributed by atoms with van der Waals surface area (Å²) in [4.78, 5) is 22.4. The second kappa shape index (κ2) is 5.55. The van der Waals surface area contributed by atoms with Gasteiger partial charge in [0.1, 0.15) is 0 Å². The molecule has 2 fully saturated rings. The molecule has 1 aliphatic heterocycles. The molecule has 1 amide bonds. The van der Waals surface area contributed by atoms with E-state index < -0.39 is 0 Å². The van der Waals surface area contributed by atoms with E-state index in [-0.39, 0.29) is 0 Å². The normalized spacial score (nSPS) is 23.2. The molecule has 2 aliphatic rings. The molecule has 3 rings (SSSR count). The SMILES string of the molecule is O=C(C1CC1)N1CCCC(CNc2ncccn2)C1. The molecule has 102 valence electrons. The van der Waals surface area contributed by atoms with E-state index in [9.17, 15) is 4.79 Å². The summed E-state index contributed by atoms with van der Waals surface area (Å²) in [7, 11) is 0. The zero-order valence-electron chi connectivity index (χ0n) is 11.1. The van der Waals surface area contributed by atoms with Crippen molar-refractivity contribution in [2.75, 3.05) is 25.0 Å². The van der Waals surface area contributed by atoms with E-state index in [4.69, 9.17) is 0 Å². The number of nitrogens with one attached hydrogen (secondary N) is 1. The minimum Gasteiger partial charge on any atom is -0.354 e. The van der Waals surface area contributed by atoms with Gasteiger partial charge in [-0.15, -0.1) is 0 Å². The molecule has 1 aromatic heterocycles. The Labute approximate surface area is 113 Å². The largest absolute Gasteiger partial charge is 0.354 e. The number of aromatic nitrogens is 2. The van der Waals surface area contributed by atoms with Crippen molar-refractivity contribution in [3.8, 4) is 0 Å². The maximum atomic E-state index is 12.1. The molecule has 1 atom stereocenters. The first-order chi connectivity index (χ1) is 9.33. The summed E-state index contributed by atoms with van der Waals surface area (Å²) in [5, 5.41) is 3.26. The van der Waals surface area contributed by atoms with Crippen LogP contribution in [-0.4, -0.2) is 40.4 Å². The number of likely N-dealkylation sites (tertiary alicyclic amines) is 1. The smallest absolute Gasteiger partial charge is 0.225 e. The van der Waals surface area contributed by atoms with Crippen LogP contribution in [-0.2, 0) is 4.79 Å². The van der Waals surface area contributed by atoms with Gasteiger partial charge in [-0.1, -0.05) is 0 Å². The summed E-state index contributed by atoms with van der Waals surface area (Å²) >= 11 is 0. The fourth-order valence-corrected chi connectivity index (χ4v) is 2.65. The minimum atomic E-state index is 0.337. The van der Waals surface area contributed by atoms with Gasteiger partial charge in [0.05, 0.1) is 0 Å². The molecule has 1 N–H and O–H groups in total. The summed E-state index contributed by atoms with van der Waals surface area (Å²) in [6.07, 6.45) is 7.94. The van der Waals surface area contributed by atoms with E-state index in [2.05, 4.69) is 20.2 Å². The number of amides is 1. The average molecular weight is 260 g/mol. The third-order valence-electron chi connectivity index (χ3n) is 3.87. The third kappa shape index (κ3) is 3.22. The van der Waals surface area contributed by atoms with Crippen LogP contribution in [0.5, 0.6) is 0 Å². The molecular weight excluding hydrogens is 240 g/mol. The molecule has 0 spiro atoms. The number of anilines is 1. The van der Waals surface area contributed by atoms with Gasteiger partial charge < -0.3 is 10.2 Å². The lowest BCUT2D eigenvalue weighted by molar-refractivity contribution is -0.134. The Balaban J connectivity index is 1.49. The van der Waals surface area contributed by atoms with E-state index in [1.54, 1.807) is 12.4 Å². The Bertz CT molecular complexity index is 432. The Kier molecular flexibility index (Phi) is 3.62. The van der Waals surface area contributed by atoms with Crippen molar-refractivity contribution in [3.05, 3.63) is 18.5 Å². The summed E-state index contributed by atoms with van der Waals surface area (Å²) in [6.45, 7) is 2.67. The number of hydrogen-bond acceptors (Lipinski definition) is 4. The van der Waals surface area contributed by atoms with Gasteiger partial charge in [-0.3, -0.25) is 4.79 Å². The van der Waals surface area contributed by atoms with Gasteiger partial charge in [-0.25, -0.2) is 9.97 Å². The van der Waals surface area contributed by atoms with Crippen molar-refractivity contribution in [2.45, 2.75) is 25.7 Å². The maximum absolute atomic E-state index is 12.1. The molecule has 1 saturated heterocycles. The lowest BCUT2D eigenvalue weighted by Crippen LogP contribution is -2.42. The van der Waals surface area contributed by atoms with Crippen molar-refractivity contribution < 1.29 is 4.79 Å². The van der Waals surface area contributed by atoms with Gasteiger partial charge in [0.25, 0.3) is 0 Å². The van der Waals surface area contributed by atoms with Crippen LogP contribution in [0.15, 0.2) is 18.5 Å². The molecule has 2 heterocycles. The monoisotopic (exact) mass is 260 g/mol. The van der Waals surface area contributed by atoms with Crippen LogP contribution in [0.1, 0.15) is 25.7 Å². The number of hydrogen-bond donors (Lipinski definition) is 1. The van der Waals surface area contributed by atoms with Gasteiger partial charge in [-0.2, -0.15) is 0 Å². The first kappa shape index (κ1) is 12.4. The van der Waals surface area contributed by atoms with E-state index in [1.165, 1.54) is 6.42 Å². The van der Waals surface area contributed by atoms with E-state index in [0.717, 1.165) is 38.9 Å². The molecule has 1 aromatic rings. The Morgan fingerprint density at radius 1 is 1.32 bits per heavy atom.